The molecule has 8 heteroatoms. The van der Waals surface area contributed by atoms with E-state index < -0.39 is 21.4 Å². The molecule has 2 heterocycles. The Balaban J connectivity index is 0.000000861. The maximum absolute atomic E-state index is 11.1. The summed E-state index contributed by atoms with van der Waals surface area (Å²) in [6, 6.07) is 3.21. The van der Waals surface area contributed by atoms with Gasteiger partial charge in [-0.2, -0.15) is 0 Å². The number of rotatable bonds is 2. The van der Waals surface area contributed by atoms with Crippen molar-refractivity contribution in [1.29, 1.82) is 0 Å². The van der Waals surface area contributed by atoms with Crippen LogP contribution in [0.5, 0.6) is 5.75 Å². The molecule has 0 aliphatic rings. The average Bonchev–Trinajstić information content (AvgIpc) is 2.41. The molecule has 4 N–H and O–H groups in total. The Labute approximate surface area is 117 Å². The van der Waals surface area contributed by atoms with E-state index in [1.54, 1.807) is 12.1 Å². The molecule has 0 aliphatic heterocycles. The first-order valence-electron chi connectivity index (χ1n) is 5.40. The minimum Gasteiger partial charge on any atom is -0.504 e. The second kappa shape index (κ2) is 6.50. The number of primary amides is 1. The van der Waals surface area contributed by atoms with E-state index in [1.165, 1.54) is 6.20 Å². The molecule has 0 saturated heterocycles. The van der Waals surface area contributed by atoms with Crippen LogP contribution in [0.1, 0.15) is 24.3 Å². The molecule has 1 amide bonds. The van der Waals surface area contributed by atoms with Crippen molar-refractivity contribution < 1.29 is 14.5 Å². The molecule has 2 aromatic rings. The first-order valence-corrected chi connectivity index (χ1v) is 7.51. The predicted octanol–water partition coefficient (Wildman–Crippen LogP) is 1.37. The van der Waals surface area contributed by atoms with Gasteiger partial charge in [-0.1, -0.05) is 13.8 Å². The zero-order valence-electron chi connectivity index (χ0n) is 10.3. The zero-order chi connectivity index (χ0) is 14.6. The highest BCUT2D eigenvalue weighted by molar-refractivity contribution is 8.25. The molecule has 0 fully saturated rings. The van der Waals surface area contributed by atoms with E-state index in [0.29, 0.717) is 5.39 Å². The number of nitrogens with two attached hydrogens (primary N) is 1. The number of carbonyl (C=O) groups excluding carboxylic acids is 1. The summed E-state index contributed by atoms with van der Waals surface area (Å²) in [5.41, 5.74) is 4.87. The normalized spacial score (nSPS) is 11.5. The largest absolute Gasteiger partial charge is 0.504 e. The fourth-order valence-electron chi connectivity index (χ4n) is 1.40. The maximum Gasteiger partial charge on any atom is 0.271 e. The van der Waals surface area contributed by atoms with Crippen LogP contribution in [0.25, 0.3) is 10.9 Å². The number of aromatic hydroxyl groups is 1. The lowest BCUT2D eigenvalue weighted by Gasteiger charge is -2.07. The number of hydrogen-bond acceptors (Lipinski definition) is 5. The second-order valence-corrected chi connectivity index (χ2v) is 4.96. The number of fused-ring (bicyclic) bond motifs is 1. The van der Waals surface area contributed by atoms with E-state index in [2.05, 4.69) is 9.97 Å². The molecule has 0 saturated carbocycles. The van der Waals surface area contributed by atoms with Crippen LogP contribution in [-0.2, 0) is 20.9 Å². The summed E-state index contributed by atoms with van der Waals surface area (Å²) in [6.45, 7) is 4.00. The van der Waals surface area contributed by atoms with Crippen LogP contribution in [0, 0.1) is 0 Å². The molecular weight excluding hydrogens is 286 g/mol. The molecule has 102 valence electrons. The Hall–Kier alpha value is -1.64. The summed E-state index contributed by atoms with van der Waals surface area (Å²) in [6.07, 6.45) is 1.44. The Bertz CT molecular complexity index is 646. The van der Waals surface area contributed by atoms with Gasteiger partial charge in [-0.05, 0) is 23.3 Å². The first-order chi connectivity index (χ1) is 9.02. The van der Waals surface area contributed by atoms with Crippen molar-refractivity contribution in [2.24, 2.45) is 5.73 Å². The van der Waals surface area contributed by atoms with E-state index in [1.807, 2.05) is 13.8 Å². The summed E-state index contributed by atoms with van der Waals surface area (Å²) >= 11 is 4.72. The van der Waals surface area contributed by atoms with Crippen molar-refractivity contribution in [1.82, 2.24) is 9.97 Å². The van der Waals surface area contributed by atoms with Crippen molar-refractivity contribution in [2.45, 2.75) is 18.9 Å². The van der Waals surface area contributed by atoms with Crippen LogP contribution >= 0.6 is 0 Å². The number of nitrogens with zero attached hydrogens (tertiary/aromatic N) is 2. The van der Waals surface area contributed by atoms with Crippen molar-refractivity contribution in [3.63, 3.8) is 0 Å². The highest BCUT2D eigenvalue weighted by Crippen LogP contribution is 2.28. The second-order valence-electron chi connectivity index (χ2n) is 3.13. The Kier molecular flexibility index (Phi) is 5.28. The van der Waals surface area contributed by atoms with Gasteiger partial charge in [0.15, 0.2) is 11.4 Å². The van der Waals surface area contributed by atoms with E-state index in [0.717, 1.165) is 0 Å². The third-order valence-corrected chi connectivity index (χ3v) is 3.21. The van der Waals surface area contributed by atoms with Crippen LogP contribution in [0.2, 0.25) is 0 Å². The molecule has 2 aromatic heterocycles. The van der Waals surface area contributed by atoms with Crippen LogP contribution in [-0.4, -0.2) is 25.5 Å². The van der Waals surface area contributed by atoms with Gasteiger partial charge >= 0.3 is 0 Å². The molecule has 0 aliphatic carbocycles. The molecule has 0 bridgehead atoms. The summed E-state index contributed by atoms with van der Waals surface area (Å²) < 4.78 is 9.44. The molecule has 19 heavy (non-hydrogen) atoms. The van der Waals surface area contributed by atoms with Crippen LogP contribution < -0.4 is 5.73 Å². The average molecular weight is 299 g/mol. The summed E-state index contributed by atoms with van der Waals surface area (Å²) in [5, 5.41) is 10.3. The molecule has 6 nitrogen and oxygen atoms in total. The van der Waals surface area contributed by atoms with Gasteiger partial charge in [0.2, 0.25) is 0 Å². The van der Waals surface area contributed by atoms with E-state index in [4.69, 9.17) is 16.9 Å². The maximum atomic E-state index is 11.1. The lowest BCUT2D eigenvalue weighted by Crippen LogP contribution is -2.15. The zero-order valence-corrected chi connectivity index (χ0v) is 12.0. The molecular formula is C11H13N3O3S2. The molecule has 0 aromatic carbocycles. The van der Waals surface area contributed by atoms with E-state index >= 15 is 0 Å². The van der Waals surface area contributed by atoms with Crippen molar-refractivity contribution in [2.75, 3.05) is 0 Å². The minimum absolute atomic E-state index is 0.106. The van der Waals surface area contributed by atoms with Crippen molar-refractivity contribution in [3.05, 3.63) is 24.0 Å². The van der Waals surface area contributed by atoms with Crippen molar-refractivity contribution in [3.8, 4) is 5.75 Å². The lowest BCUT2D eigenvalue weighted by molar-refractivity contribution is 0.0992. The fraction of sp³-hybridized carbons (Fsp3) is 0.182. The van der Waals surface area contributed by atoms with Gasteiger partial charge in [-0.3, -0.25) is 9.78 Å². The van der Waals surface area contributed by atoms with Crippen LogP contribution in [0.15, 0.2) is 23.4 Å². The van der Waals surface area contributed by atoms with Crippen LogP contribution in [0.3, 0.4) is 0 Å². The topological polar surface area (TPSA) is 109 Å². The Morgan fingerprint density at radius 2 is 2.11 bits per heavy atom. The van der Waals surface area contributed by atoms with Gasteiger partial charge < -0.3 is 15.4 Å². The van der Waals surface area contributed by atoms with Gasteiger partial charge in [0.25, 0.3) is 5.91 Å². The number of amides is 1. The Morgan fingerprint density at radius 1 is 1.47 bits per heavy atom. The third-order valence-electron chi connectivity index (χ3n) is 2.10. The molecule has 2 rings (SSSR count). The SMILES string of the molecule is CC.NC(=O)c1nc(S(O)=S)c2cccnc2c1O. The minimum atomic E-state index is -1.58. The molecule has 0 radical (unpaired) electrons. The van der Waals surface area contributed by atoms with E-state index in [9.17, 15) is 14.5 Å². The van der Waals surface area contributed by atoms with Gasteiger partial charge in [0.05, 0.1) is 9.74 Å². The van der Waals surface area contributed by atoms with Crippen molar-refractivity contribution >= 4 is 37.7 Å². The highest BCUT2D eigenvalue weighted by Gasteiger charge is 2.18. The summed E-state index contributed by atoms with van der Waals surface area (Å²) in [7, 11) is -1.58. The predicted molar refractivity (Wildman–Crippen MR) is 76.7 cm³/mol. The smallest absolute Gasteiger partial charge is 0.271 e. The summed E-state index contributed by atoms with van der Waals surface area (Å²) in [4.78, 5) is 18.8. The molecule has 0 spiro atoms. The van der Waals surface area contributed by atoms with Gasteiger partial charge in [0, 0.05) is 11.6 Å². The number of hydrogen-bond donors (Lipinski definition) is 3. The standard InChI is InChI=1S/C9H7N3O3S2.C2H6/c10-8(14)6-7(13)5-4(2-1-3-11-5)9(12-6)17(15)16;1-2/h1-3,13H,(H2,10,14)(H,15,16);1-2H3. The molecule has 1 unspecified atom stereocenters. The van der Waals surface area contributed by atoms with E-state index in [-0.39, 0.29) is 16.2 Å². The number of pyridine rings is 2. The van der Waals surface area contributed by atoms with Crippen LogP contribution in [0.4, 0.5) is 0 Å². The molecule has 1 atom stereocenters. The summed E-state index contributed by atoms with van der Waals surface area (Å²) in [5.74, 6) is -1.31. The monoisotopic (exact) mass is 299 g/mol. The quantitative estimate of drug-likeness (QED) is 0.772. The fourth-order valence-corrected chi connectivity index (χ4v) is 2.30. The van der Waals surface area contributed by atoms with Gasteiger partial charge in [-0.15, -0.1) is 0 Å². The number of aromatic nitrogens is 2. The first kappa shape index (κ1) is 15.4. The van der Waals surface area contributed by atoms with Gasteiger partial charge in [0.1, 0.15) is 10.5 Å². The third kappa shape index (κ3) is 3.03. The lowest BCUT2D eigenvalue weighted by atomic mass is 10.2. The number of carbonyl (C=O) groups is 1. The Morgan fingerprint density at radius 3 is 2.63 bits per heavy atom. The van der Waals surface area contributed by atoms with Gasteiger partial charge in [-0.25, -0.2) is 4.98 Å². The highest BCUT2D eigenvalue weighted by atomic mass is 32.8.